The number of amides is 2. The molecule has 0 unspecified atom stereocenters. The molecule has 1 aliphatic rings. The lowest BCUT2D eigenvalue weighted by molar-refractivity contribution is -0.139. The molecule has 8 nitrogen and oxygen atoms in total. The van der Waals surface area contributed by atoms with Gasteiger partial charge in [0.1, 0.15) is 6.54 Å². The molecule has 0 saturated carbocycles. The highest BCUT2D eigenvalue weighted by molar-refractivity contribution is 6.37. The standard InChI is InChI=1S/C25H22N4O4/c1-33-21(30)14-27-24(31)16-7-10-18(11-8-16)28-23(15-5-3-2-4-6-15)22-19-13-17(26)9-12-20(19)29-25(22)32/h2-13,28H,14,26H2,1H3,(H,27,31)(H,29,32)/b23-22-. The second kappa shape index (κ2) is 9.27. The van der Waals surface area contributed by atoms with E-state index in [1.807, 2.05) is 30.3 Å². The van der Waals surface area contributed by atoms with Gasteiger partial charge in [-0.25, -0.2) is 0 Å². The predicted molar refractivity (Wildman–Crippen MR) is 127 cm³/mol. The van der Waals surface area contributed by atoms with Gasteiger partial charge in [0.25, 0.3) is 11.8 Å². The number of fused-ring (bicyclic) bond motifs is 1. The van der Waals surface area contributed by atoms with Crippen molar-refractivity contribution in [2.24, 2.45) is 0 Å². The van der Waals surface area contributed by atoms with E-state index >= 15 is 0 Å². The van der Waals surface area contributed by atoms with Gasteiger partial charge in [0.05, 0.1) is 18.4 Å². The smallest absolute Gasteiger partial charge is 0.325 e. The van der Waals surface area contributed by atoms with Crippen LogP contribution in [0.5, 0.6) is 0 Å². The van der Waals surface area contributed by atoms with Gasteiger partial charge in [-0.1, -0.05) is 30.3 Å². The van der Waals surface area contributed by atoms with E-state index in [0.717, 1.165) is 5.56 Å². The molecule has 0 fully saturated rings. The average molecular weight is 442 g/mol. The first-order valence-electron chi connectivity index (χ1n) is 10.2. The molecule has 33 heavy (non-hydrogen) atoms. The number of hydrogen-bond donors (Lipinski definition) is 4. The van der Waals surface area contributed by atoms with Crippen molar-refractivity contribution in [1.29, 1.82) is 0 Å². The summed E-state index contributed by atoms with van der Waals surface area (Å²) in [6.45, 7) is -0.211. The molecular weight excluding hydrogens is 420 g/mol. The van der Waals surface area contributed by atoms with Crippen molar-refractivity contribution in [3.63, 3.8) is 0 Å². The summed E-state index contributed by atoms with van der Waals surface area (Å²) in [6, 6.07) is 21.5. The van der Waals surface area contributed by atoms with E-state index in [0.29, 0.717) is 39.5 Å². The minimum atomic E-state index is -0.531. The number of nitrogens with one attached hydrogen (secondary N) is 3. The van der Waals surface area contributed by atoms with E-state index < -0.39 is 11.9 Å². The lowest BCUT2D eigenvalue weighted by Crippen LogP contribution is -2.30. The third kappa shape index (κ3) is 4.69. The Morgan fingerprint density at radius 2 is 1.70 bits per heavy atom. The third-order valence-corrected chi connectivity index (χ3v) is 5.14. The van der Waals surface area contributed by atoms with Gasteiger partial charge < -0.3 is 26.4 Å². The van der Waals surface area contributed by atoms with Crippen molar-refractivity contribution in [2.45, 2.75) is 0 Å². The molecule has 8 heteroatoms. The van der Waals surface area contributed by atoms with Crippen LogP contribution >= 0.6 is 0 Å². The van der Waals surface area contributed by atoms with E-state index in [4.69, 9.17) is 5.73 Å². The molecule has 1 aliphatic heterocycles. The molecule has 166 valence electrons. The Hall–Kier alpha value is -4.59. The fourth-order valence-electron chi connectivity index (χ4n) is 3.49. The number of hydrogen-bond acceptors (Lipinski definition) is 6. The Morgan fingerprint density at radius 1 is 0.970 bits per heavy atom. The molecule has 5 N–H and O–H groups in total. The molecule has 0 radical (unpaired) electrons. The van der Waals surface area contributed by atoms with Crippen LogP contribution in [0.25, 0.3) is 11.3 Å². The zero-order chi connectivity index (χ0) is 23.4. The fraction of sp³-hybridized carbons (Fsp3) is 0.0800. The number of benzene rings is 3. The Bertz CT molecular complexity index is 1250. The normalized spacial score (nSPS) is 13.5. The van der Waals surface area contributed by atoms with Gasteiger partial charge in [0, 0.05) is 28.2 Å². The summed E-state index contributed by atoms with van der Waals surface area (Å²) in [7, 11) is 1.26. The minimum Gasteiger partial charge on any atom is -0.468 e. The molecule has 3 aromatic carbocycles. The van der Waals surface area contributed by atoms with Gasteiger partial charge in [-0.05, 0) is 48.0 Å². The summed E-state index contributed by atoms with van der Waals surface area (Å²) >= 11 is 0. The number of ether oxygens (including phenoxy) is 1. The molecule has 0 aliphatic carbocycles. The molecule has 0 spiro atoms. The first-order chi connectivity index (χ1) is 16.0. The summed E-state index contributed by atoms with van der Waals surface area (Å²) in [5, 5.41) is 8.70. The summed E-state index contributed by atoms with van der Waals surface area (Å²) in [5.74, 6) is -1.16. The number of nitrogens with two attached hydrogens (primary N) is 1. The Kier molecular flexibility index (Phi) is 6.08. The first-order valence-corrected chi connectivity index (χ1v) is 10.2. The maximum Gasteiger partial charge on any atom is 0.325 e. The molecule has 0 aromatic heterocycles. The van der Waals surface area contributed by atoms with Gasteiger partial charge in [0.2, 0.25) is 0 Å². The highest BCUT2D eigenvalue weighted by atomic mass is 16.5. The van der Waals surface area contributed by atoms with Crippen LogP contribution in [0.2, 0.25) is 0 Å². The Labute approximate surface area is 190 Å². The Balaban J connectivity index is 1.67. The highest BCUT2D eigenvalue weighted by Gasteiger charge is 2.28. The zero-order valence-electron chi connectivity index (χ0n) is 17.8. The van der Waals surface area contributed by atoms with Crippen molar-refractivity contribution < 1.29 is 19.1 Å². The molecule has 0 bridgehead atoms. The first kappa shape index (κ1) is 21.6. The van der Waals surface area contributed by atoms with Crippen molar-refractivity contribution in [2.75, 3.05) is 30.0 Å². The lowest BCUT2D eigenvalue weighted by Gasteiger charge is -2.15. The highest BCUT2D eigenvalue weighted by Crippen LogP contribution is 2.38. The number of rotatable bonds is 6. The summed E-state index contributed by atoms with van der Waals surface area (Å²) < 4.78 is 4.52. The van der Waals surface area contributed by atoms with E-state index in [1.165, 1.54) is 7.11 Å². The van der Waals surface area contributed by atoms with Crippen molar-refractivity contribution in [3.8, 4) is 0 Å². The predicted octanol–water partition coefficient (Wildman–Crippen LogP) is 3.10. The van der Waals surface area contributed by atoms with Crippen LogP contribution in [0.15, 0.2) is 72.8 Å². The van der Waals surface area contributed by atoms with Gasteiger partial charge in [-0.3, -0.25) is 14.4 Å². The van der Waals surface area contributed by atoms with Crippen molar-refractivity contribution in [1.82, 2.24) is 5.32 Å². The van der Waals surface area contributed by atoms with E-state index in [9.17, 15) is 14.4 Å². The van der Waals surface area contributed by atoms with E-state index in [2.05, 4.69) is 20.7 Å². The SMILES string of the molecule is COC(=O)CNC(=O)c1ccc(N/C(=C2\C(=O)Nc3ccc(N)cc32)c2ccccc2)cc1. The number of methoxy groups -OCH3 is 1. The van der Waals surface area contributed by atoms with Crippen LogP contribution in [0.1, 0.15) is 21.5 Å². The number of esters is 1. The van der Waals surface area contributed by atoms with Crippen molar-refractivity contribution in [3.05, 3.63) is 89.5 Å². The van der Waals surface area contributed by atoms with Crippen molar-refractivity contribution >= 4 is 46.1 Å². The second-order valence-corrected chi connectivity index (χ2v) is 7.34. The van der Waals surface area contributed by atoms with Gasteiger partial charge in [-0.15, -0.1) is 0 Å². The topological polar surface area (TPSA) is 123 Å². The number of carbonyl (C=O) groups excluding carboxylic acids is 3. The monoisotopic (exact) mass is 442 g/mol. The minimum absolute atomic E-state index is 0.211. The second-order valence-electron chi connectivity index (χ2n) is 7.34. The summed E-state index contributed by atoms with van der Waals surface area (Å²) in [5.41, 5.74) is 10.9. The van der Waals surface area contributed by atoms with Gasteiger partial charge in [0.15, 0.2) is 0 Å². The average Bonchev–Trinajstić information content (AvgIpc) is 3.16. The van der Waals surface area contributed by atoms with Crippen LogP contribution in [0.3, 0.4) is 0 Å². The van der Waals surface area contributed by atoms with Crippen LogP contribution in [-0.2, 0) is 14.3 Å². The van der Waals surface area contributed by atoms with Gasteiger partial charge in [-0.2, -0.15) is 0 Å². The van der Waals surface area contributed by atoms with E-state index in [1.54, 1.807) is 42.5 Å². The molecule has 0 saturated heterocycles. The summed E-state index contributed by atoms with van der Waals surface area (Å²) in [6.07, 6.45) is 0. The molecular formula is C25H22N4O4. The maximum atomic E-state index is 12.9. The molecule has 1 heterocycles. The number of anilines is 3. The maximum absolute atomic E-state index is 12.9. The molecule has 4 rings (SSSR count). The number of carbonyl (C=O) groups is 3. The third-order valence-electron chi connectivity index (χ3n) is 5.14. The van der Waals surface area contributed by atoms with Crippen LogP contribution in [0.4, 0.5) is 17.1 Å². The number of nitrogen functional groups attached to an aromatic ring is 1. The molecule has 0 atom stereocenters. The van der Waals surface area contributed by atoms with Gasteiger partial charge >= 0.3 is 5.97 Å². The molecule has 2 amide bonds. The van der Waals surface area contributed by atoms with Crippen LogP contribution < -0.4 is 21.7 Å². The molecule has 3 aromatic rings. The quantitative estimate of drug-likeness (QED) is 0.264. The van der Waals surface area contributed by atoms with E-state index in [-0.39, 0.29) is 12.5 Å². The fourth-order valence-corrected chi connectivity index (χ4v) is 3.49. The Morgan fingerprint density at radius 3 is 2.39 bits per heavy atom. The van der Waals surface area contributed by atoms with Crippen LogP contribution in [-0.4, -0.2) is 31.4 Å². The lowest BCUT2D eigenvalue weighted by atomic mass is 9.99. The zero-order valence-corrected chi connectivity index (χ0v) is 17.8. The summed E-state index contributed by atoms with van der Waals surface area (Å²) in [4.78, 5) is 36.4. The largest absolute Gasteiger partial charge is 0.468 e. The van der Waals surface area contributed by atoms with Crippen LogP contribution in [0, 0.1) is 0 Å².